The third-order valence-corrected chi connectivity index (χ3v) is 5.75. The molecule has 1 aromatic rings. The van der Waals surface area contributed by atoms with Crippen molar-refractivity contribution in [2.75, 3.05) is 55.6 Å². The predicted molar refractivity (Wildman–Crippen MR) is 109 cm³/mol. The number of amides is 2. The SMILES string of the molecule is CCN(CC)CCNC(=O)C1CC(=O)N(c2ccc(N3CCCC3)cc2)C1. The third-order valence-electron chi connectivity index (χ3n) is 5.75. The Balaban J connectivity index is 1.53. The van der Waals surface area contributed by atoms with Crippen LogP contribution in [0.3, 0.4) is 0 Å². The van der Waals surface area contributed by atoms with Gasteiger partial charge in [0, 0.05) is 50.5 Å². The van der Waals surface area contributed by atoms with Crippen LogP contribution in [0.2, 0.25) is 0 Å². The molecule has 0 aliphatic carbocycles. The van der Waals surface area contributed by atoms with Gasteiger partial charge in [0.2, 0.25) is 11.8 Å². The second kappa shape index (κ2) is 9.22. The van der Waals surface area contributed by atoms with E-state index in [0.717, 1.165) is 38.4 Å². The van der Waals surface area contributed by atoms with E-state index in [1.165, 1.54) is 18.5 Å². The molecule has 0 radical (unpaired) electrons. The molecule has 6 nitrogen and oxygen atoms in total. The van der Waals surface area contributed by atoms with Crippen molar-refractivity contribution in [3.63, 3.8) is 0 Å². The highest BCUT2D eigenvalue weighted by molar-refractivity contribution is 6.00. The molecule has 0 bridgehead atoms. The van der Waals surface area contributed by atoms with Gasteiger partial charge in [-0.15, -0.1) is 0 Å². The number of likely N-dealkylation sites (N-methyl/N-ethyl adjacent to an activating group) is 1. The summed E-state index contributed by atoms with van der Waals surface area (Å²) in [6.07, 6.45) is 2.79. The molecule has 1 N–H and O–H groups in total. The van der Waals surface area contributed by atoms with Crippen molar-refractivity contribution in [3.05, 3.63) is 24.3 Å². The minimum atomic E-state index is -0.257. The number of benzene rings is 1. The van der Waals surface area contributed by atoms with Crippen molar-refractivity contribution < 1.29 is 9.59 Å². The first kappa shape index (κ1) is 19.7. The fraction of sp³-hybridized carbons (Fsp3) is 0.619. The Hall–Kier alpha value is -2.08. The lowest BCUT2D eigenvalue weighted by Crippen LogP contribution is -2.38. The number of carbonyl (C=O) groups excluding carboxylic acids is 2. The Bertz CT molecular complexity index is 636. The van der Waals surface area contributed by atoms with Gasteiger partial charge in [-0.1, -0.05) is 13.8 Å². The molecule has 148 valence electrons. The van der Waals surface area contributed by atoms with E-state index in [1.807, 2.05) is 12.1 Å². The smallest absolute Gasteiger partial charge is 0.227 e. The lowest BCUT2D eigenvalue weighted by Gasteiger charge is -2.21. The number of nitrogens with zero attached hydrogens (tertiary/aromatic N) is 3. The van der Waals surface area contributed by atoms with E-state index < -0.39 is 0 Å². The molecule has 0 spiro atoms. The van der Waals surface area contributed by atoms with Gasteiger partial charge in [0.25, 0.3) is 0 Å². The number of anilines is 2. The summed E-state index contributed by atoms with van der Waals surface area (Å²) in [7, 11) is 0. The van der Waals surface area contributed by atoms with Gasteiger partial charge >= 0.3 is 0 Å². The van der Waals surface area contributed by atoms with Gasteiger partial charge in [-0.3, -0.25) is 9.59 Å². The Morgan fingerprint density at radius 2 is 1.74 bits per heavy atom. The lowest BCUT2D eigenvalue weighted by atomic mass is 10.1. The zero-order valence-electron chi connectivity index (χ0n) is 16.6. The molecule has 2 aliphatic heterocycles. The Morgan fingerprint density at radius 3 is 2.37 bits per heavy atom. The number of carbonyl (C=O) groups is 2. The molecule has 3 rings (SSSR count). The van der Waals surface area contributed by atoms with E-state index in [9.17, 15) is 9.59 Å². The summed E-state index contributed by atoms with van der Waals surface area (Å²) < 4.78 is 0. The van der Waals surface area contributed by atoms with Crippen molar-refractivity contribution in [1.82, 2.24) is 10.2 Å². The Morgan fingerprint density at radius 1 is 1.11 bits per heavy atom. The topological polar surface area (TPSA) is 55.9 Å². The first-order valence-electron chi connectivity index (χ1n) is 10.3. The third kappa shape index (κ3) is 4.80. The summed E-state index contributed by atoms with van der Waals surface area (Å²) in [6.45, 7) is 10.4. The van der Waals surface area contributed by atoms with Gasteiger partial charge in [-0.2, -0.15) is 0 Å². The molecule has 2 heterocycles. The molecule has 2 saturated heterocycles. The van der Waals surface area contributed by atoms with Crippen LogP contribution in [-0.4, -0.2) is 62.5 Å². The van der Waals surface area contributed by atoms with Gasteiger partial charge in [0.15, 0.2) is 0 Å². The molecular weight excluding hydrogens is 340 g/mol. The Kier molecular flexibility index (Phi) is 6.72. The van der Waals surface area contributed by atoms with Gasteiger partial charge in [0.05, 0.1) is 5.92 Å². The van der Waals surface area contributed by atoms with Crippen LogP contribution in [0, 0.1) is 5.92 Å². The normalized spacial score (nSPS) is 20.0. The summed E-state index contributed by atoms with van der Waals surface area (Å²) in [4.78, 5) is 31.3. The minimum Gasteiger partial charge on any atom is -0.372 e. The van der Waals surface area contributed by atoms with Crippen LogP contribution < -0.4 is 15.1 Å². The van der Waals surface area contributed by atoms with Crippen molar-refractivity contribution >= 4 is 23.2 Å². The van der Waals surface area contributed by atoms with Crippen LogP contribution in [0.25, 0.3) is 0 Å². The van der Waals surface area contributed by atoms with Crippen molar-refractivity contribution in [2.24, 2.45) is 5.92 Å². The number of hydrogen-bond donors (Lipinski definition) is 1. The van der Waals surface area contributed by atoms with Crippen molar-refractivity contribution in [3.8, 4) is 0 Å². The molecule has 0 aromatic heterocycles. The van der Waals surface area contributed by atoms with Crippen LogP contribution >= 0.6 is 0 Å². The van der Waals surface area contributed by atoms with Gasteiger partial charge in [0.1, 0.15) is 0 Å². The summed E-state index contributed by atoms with van der Waals surface area (Å²) in [5.74, 6) is -0.230. The van der Waals surface area contributed by atoms with Crippen LogP contribution in [0.1, 0.15) is 33.1 Å². The van der Waals surface area contributed by atoms with E-state index in [2.05, 4.69) is 41.1 Å². The monoisotopic (exact) mass is 372 g/mol. The molecule has 1 aromatic carbocycles. The van der Waals surface area contributed by atoms with Crippen molar-refractivity contribution in [2.45, 2.75) is 33.1 Å². The molecular formula is C21H32N4O2. The summed E-state index contributed by atoms with van der Waals surface area (Å²) >= 11 is 0. The first-order valence-corrected chi connectivity index (χ1v) is 10.3. The second-order valence-electron chi connectivity index (χ2n) is 7.43. The molecule has 2 fully saturated rings. The molecule has 1 unspecified atom stereocenters. The fourth-order valence-electron chi connectivity index (χ4n) is 3.97. The molecule has 6 heteroatoms. The average molecular weight is 373 g/mol. The highest BCUT2D eigenvalue weighted by Gasteiger charge is 2.35. The Labute approximate surface area is 162 Å². The largest absolute Gasteiger partial charge is 0.372 e. The maximum absolute atomic E-state index is 12.4. The average Bonchev–Trinajstić information content (AvgIpc) is 3.35. The minimum absolute atomic E-state index is 0.00769. The zero-order valence-corrected chi connectivity index (χ0v) is 16.6. The first-order chi connectivity index (χ1) is 13.1. The van der Waals surface area contributed by atoms with Gasteiger partial charge in [-0.25, -0.2) is 0 Å². The maximum Gasteiger partial charge on any atom is 0.227 e. The lowest BCUT2D eigenvalue weighted by molar-refractivity contribution is -0.126. The standard InChI is InChI=1S/C21H32N4O2/c1-3-23(4-2)14-11-22-21(27)17-15-20(26)25(16-17)19-9-7-18(8-10-19)24-12-5-6-13-24/h7-10,17H,3-6,11-16H2,1-2H3,(H,22,27). The second-order valence-corrected chi connectivity index (χ2v) is 7.43. The number of hydrogen-bond acceptors (Lipinski definition) is 4. The number of rotatable bonds is 8. The predicted octanol–water partition coefficient (Wildman–Crippen LogP) is 2.10. The maximum atomic E-state index is 12.4. The van der Waals surface area contributed by atoms with Crippen LogP contribution in [0.5, 0.6) is 0 Å². The number of nitrogens with one attached hydrogen (secondary N) is 1. The summed E-state index contributed by atoms with van der Waals surface area (Å²) in [5.41, 5.74) is 2.11. The van der Waals surface area contributed by atoms with Crippen LogP contribution in [-0.2, 0) is 9.59 Å². The molecule has 1 atom stereocenters. The molecule has 0 saturated carbocycles. The van der Waals surface area contributed by atoms with Gasteiger partial charge < -0.3 is 20.0 Å². The molecule has 2 aliphatic rings. The zero-order chi connectivity index (χ0) is 19.2. The summed E-state index contributed by atoms with van der Waals surface area (Å²) in [5, 5.41) is 3.00. The van der Waals surface area contributed by atoms with E-state index in [0.29, 0.717) is 19.5 Å². The van der Waals surface area contributed by atoms with E-state index in [4.69, 9.17) is 0 Å². The van der Waals surface area contributed by atoms with E-state index in [-0.39, 0.29) is 17.7 Å². The fourth-order valence-corrected chi connectivity index (χ4v) is 3.97. The van der Waals surface area contributed by atoms with E-state index in [1.54, 1.807) is 4.90 Å². The molecule has 2 amide bonds. The molecule has 27 heavy (non-hydrogen) atoms. The van der Waals surface area contributed by atoms with Crippen molar-refractivity contribution in [1.29, 1.82) is 0 Å². The highest BCUT2D eigenvalue weighted by atomic mass is 16.2. The van der Waals surface area contributed by atoms with E-state index >= 15 is 0 Å². The van der Waals surface area contributed by atoms with Crippen LogP contribution in [0.4, 0.5) is 11.4 Å². The van der Waals surface area contributed by atoms with Crippen LogP contribution in [0.15, 0.2) is 24.3 Å². The summed E-state index contributed by atoms with van der Waals surface area (Å²) in [6, 6.07) is 8.19. The van der Waals surface area contributed by atoms with Gasteiger partial charge in [-0.05, 0) is 50.2 Å². The highest BCUT2D eigenvalue weighted by Crippen LogP contribution is 2.28. The quantitative estimate of drug-likeness (QED) is 0.759.